The number of ether oxygens (including phenoxy) is 1. The van der Waals surface area contributed by atoms with Gasteiger partial charge in [-0.25, -0.2) is 14.8 Å². The summed E-state index contributed by atoms with van der Waals surface area (Å²) in [4.78, 5) is 24.1. The first-order valence-corrected chi connectivity index (χ1v) is 13.0. The Kier molecular flexibility index (Phi) is 6.49. The van der Waals surface area contributed by atoms with Crippen molar-refractivity contribution >= 4 is 17.7 Å². The lowest BCUT2D eigenvalue weighted by atomic mass is 9.81. The van der Waals surface area contributed by atoms with Crippen LogP contribution in [0.25, 0.3) is 5.69 Å². The normalized spacial score (nSPS) is 19.9. The van der Waals surface area contributed by atoms with Gasteiger partial charge in [0, 0.05) is 28.2 Å². The van der Waals surface area contributed by atoms with Crippen LogP contribution in [0.15, 0.2) is 24.3 Å². The molecule has 0 bridgehead atoms. The Hall–Kier alpha value is -3.00. The summed E-state index contributed by atoms with van der Waals surface area (Å²) < 4.78 is 7.80. The van der Waals surface area contributed by atoms with Crippen LogP contribution in [-0.2, 0) is 17.8 Å². The predicted octanol–water partition coefficient (Wildman–Crippen LogP) is 6.02. The van der Waals surface area contributed by atoms with Gasteiger partial charge in [0.05, 0.1) is 18.8 Å². The molecule has 5 rings (SSSR count). The molecule has 3 aromatic rings. The average molecular weight is 509 g/mol. The molecule has 190 valence electrons. The summed E-state index contributed by atoms with van der Waals surface area (Å²) in [6.07, 6.45) is 3.61. The molecule has 0 atom stereocenters. The van der Waals surface area contributed by atoms with Gasteiger partial charge in [0.1, 0.15) is 17.2 Å². The number of amides is 1. The Morgan fingerprint density at radius 2 is 1.64 bits per heavy atom. The summed E-state index contributed by atoms with van der Waals surface area (Å²) in [5.74, 6) is 3.26. The zero-order valence-corrected chi connectivity index (χ0v) is 22.3. The maximum Gasteiger partial charge on any atom is 0.411 e. The Morgan fingerprint density at radius 3 is 2.31 bits per heavy atom. The van der Waals surface area contributed by atoms with Gasteiger partial charge >= 0.3 is 6.09 Å². The molecule has 8 nitrogen and oxygen atoms in total. The fourth-order valence-electron chi connectivity index (χ4n) is 5.29. The lowest BCUT2D eigenvalue weighted by Gasteiger charge is -2.28. The van der Waals surface area contributed by atoms with E-state index < -0.39 is 5.60 Å². The smallest absolute Gasteiger partial charge is 0.411 e. The van der Waals surface area contributed by atoms with Crippen LogP contribution in [0.4, 0.5) is 4.79 Å². The SMILES string of the molecule is Cc1cc(C)nc(C2CCC(c3nnc4n3-c3ccc(Cl)cc3CN(C(=O)OC(C)(C)C)C4)CC2)n1. The molecular formula is C27H33ClN6O2. The van der Waals surface area contributed by atoms with Crippen LogP contribution in [0.2, 0.25) is 5.02 Å². The number of aryl methyl sites for hydroxylation is 2. The molecule has 1 aliphatic heterocycles. The molecule has 1 saturated carbocycles. The second-order valence-corrected chi connectivity index (χ2v) is 11.4. The van der Waals surface area contributed by atoms with Crippen LogP contribution in [0.1, 0.15) is 92.7 Å². The first-order chi connectivity index (χ1) is 17.1. The third-order valence-electron chi connectivity index (χ3n) is 6.84. The molecule has 1 aromatic carbocycles. The molecule has 0 saturated heterocycles. The molecule has 2 aliphatic rings. The van der Waals surface area contributed by atoms with Crippen molar-refractivity contribution in [1.29, 1.82) is 0 Å². The van der Waals surface area contributed by atoms with E-state index in [1.165, 1.54) is 0 Å². The molecule has 0 radical (unpaired) electrons. The largest absolute Gasteiger partial charge is 0.444 e. The Bertz CT molecular complexity index is 1270. The van der Waals surface area contributed by atoms with E-state index in [-0.39, 0.29) is 12.0 Å². The highest BCUT2D eigenvalue weighted by Gasteiger charge is 2.33. The van der Waals surface area contributed by atoms with Crippen molar-refractivity contribution in [3.05, 3.63) is 63.7 Å². The van der Waals surface area contributed by atoms with Crippen molar-refractivity contribution in [2.75, 3.05) is 0 Å². The predicted molar refractivity (Wildman–Crippen MR) is 137 cm³/mol. The second kappa shape index (κ2) is 9.47. The first-order valence-electron chi connectivity index (χ1n) is 12.6. The van der Waals surface area contributed by atoms with E-state index in [0.29, 0.717) is 24.0 Å². The van der Waals surface area contributed by atoms with E-state index in [4.69, 9.17) is 26.3 Å². The highest BCUT2D eigenvalue weighted by atomic mass is 35.5. The van der Waals surface area contributed by atoms with E-state index in [1.807, 2.05) is 58.9 Å². The van der Waals surface area contributed by atoms with Crippen molar-refractivity contribution in [2.45, 2.75) is 90.8 Å². The van der Waals surface area contributed by atoms with Crippen LogP contribution < -0.4 is 0 Å². The van der Waals surface area contributed by atoms with E-state index in [0.717, 1.165) is 65.8 Å². The maximum absolute atomic E-state index is 13.0. The Labute approximate surface area is 217 Å². The lowest BCUT2D eigenvalue weighted by Crippen LogP contribution is -2.35. The monoisotopic (exact) mass is 508 g/mol. The molecular weight excluding hydrogens is 476 g/mol. The minimum Gasteiger partial charge on any atom is -0.444 e. The standard InChI is InChI=1S/C27H33ClN6O2/c1-16-12-17(2)30-24(29-16)18-6-8-19(9-7-18)25-32-31-23-15-33(26(35)36-27(3,4)5)14-20-13-21(28)10-11-22(20)34(23)25/h10-13,18-19H,6-9,14-15H2,1-5H3. The summed E-state index contributed by atoms with van der Waals surface area (Å²) in [7, 11) is 0. The van der Waals surface area contributed by atoms with Crippen molar-refractivity contribution in [3.8, 4) is 5.69 Å². The molecule has 2 aromatic heterocycles. The number of hydrogen-bond acceptors (Lipinski definition) is 6. The van der Waals surface area contributed by atoms with Gasteiger partial charge < -0.3 is 4.74 Å². The highest BCUT2D eigenvalue weighted by Crippen LogP contribution is 2.41. The van der Waals surface area contributed by atoms with Crippen LogP contribution in [-0.4, -0.2) is 41.3 Å². The molecule has 1 aliphatic carbocycles. The molecule has 36 heavy (non-hydrogen) atoms. The molecule has 1 amide bonds. The number of halogens is 1. The lowest BCUT2D eigenvalue weighted by molar-refractivity contribution is 0.0214. The van der Waals surface area contributed by atoms with Crippen LogP contribution in [0.5, 0.6) is 0 Å². The Balaban J connectivity index is 1.43. The summed E-state index contributed by atoms with van der Waals surface area (Å²) in [6, 6.07) is 7.82. The van der Waals surface area contributed by atoms with E-state index in [2.05, 4.69) is 14.8 Å². The highest BCUT2D eigenvalue weighted by molar-refractivity contribution is 6.30. The van der Waals surface area contributed by atoms with E-state index in [9.17, 15) is 4.79 Å². The van der Waals surface area contributed by atoms with Gasteiger partial charge in [-0.3, -0.25) is 9.47 Å². The van der Waals surface area contributed by atoms with Crippen molar-refractivity contribution in [3.63, 3.8) is 0 Å². The number of fused-ring (bicyclic) bond motifs is 3. The third kappa shape index (κ3) is 5.09. The maximum atomic E-state index is 13.0. The molecule has 0 N–H and O–H groups in total. The third-order valence-corrected chi connectivity index (χ3v) is 7.07. The number of hydrogen-bond donors (Lipinski definition) is 0. The molecule has 9 heteroatoms. The topological polar surface area (TPSA) is 86.0 Å². The summed E-state index contributed by atoms with van der Waals surface area (Å²) in [5.41, 5.74) is 3.38. The molecule has 0 unspecified atom stereocenters. The quantitative estimate of drug-likeness (QED) is 0.420. The van der Waals surface area contributed by atoms with Gasteiger partial charge in [0.15, 0.2) is 5.82 Å². The minimum atomic E-state index is -0.586. The number of carbonyl (C=O) groups excluding carboxylic acids is 1. The fourth-order valence-corrected chi connectivity index (χ4v) is 5.49. The Morgan fingerprint density at radius 1 is 0.972 bits per heavy atom. The van der Waals surface area contributed by atoms with Gasteiger partial charge in [-0.1, -0.05) is 11.6 Å². The number of carbonyl (C=O) groups is 1. The molecule has 3 heterocycles. The second-order valence-electron chi connectivity index (χ2n) is 11.0. The van der Waals surface area contributed by atoms with Gasteiger partial charge in [0.2, 0.25) is 0 Å². The van der Waals surface area contributed by atoms with Crippen molar-refractivity contribution in [1.82, 2.24) is 29.6 Å². The van der Waals surface area contributed by atoms with Crippen LogP contribution >= 0.6 is 11.6 Å². The van der Waals surface area contributed by atoms with Gasteiger partial charge in [-0.2, -0.15) is 0 Å². The van der Waals surface area contributed by atoms with E-state index in [1.54, 1.807) is 4.90 Å². The van der Waals surface area contributed by atoms with Crippen molar-refractivity contribution < 1.29 is 9.53 Å². The first kappa shape index (κ1) is 24.7. The van der Waals surface area contributed by atoms with E-state index >= 15 is 0 Å². The average Bonchev–Trinajstić information content (AvgIpc) is 3.13. The summed E-state index contributed by atoms with van der Waals surface area (Å²) in [6.45, 7) is 10.4. The fraction of sp³-hybridized carbons (Fsp3) is 0.519. The number of aromatic nitrogens is 5. The van der Waals surface area contributed by atoms with Crippen LogP contribution in [0.3, 0.4) is 0 Å². The van der Waals surface area contributed by atoms with Crippen molar-refractivity contribution in [2.24, 2.45) is 0 Å². The molecule has 1 fully saturated rings. The minimum absolute atomic E-state index is 0.269. The summed E-state index contributed by atoms with van der Waals surface area (Å²) in [5, 5.41) is 9.83. The number of benzene rings is 1. The molecule has 0 spiro atoms. The van der Waals surface area contributed by atoms with Gasteiger partial charge in [-0.15, -0.1) is 10.2 Å². The number of rotatable bonds is 2. The zero-order chi connectivity index (χ0) is 25.6. The number of nitrogens with zero attached hydrogens (tertiary/aromatic N) is 6. The van der Waals surface area contributed by atoms with Gasteiger partial charge in [-0.05, 0) is 90.1 Å². The summed E-state index contributed by atoms with van der Waals surface area (Å²) >= 11 is 6.36. The van der Waals surface area contributed by atoms with Crippen LogP contribution in [0, 0.1) is 13.8 Å². The zero-order valence-electron chi connectivity index (χ0n) is 21.6. The van der Waals surface area contributed by atoms with Gasteiger partial charge in [0.25, 0.3) is 0 Å².